The fourth-order valence-corrected chi connectivity index (χ4v) is 12.9. The number of hydrogen-bond donors (Lipinski definition) is 0. The molecule has 336 valence electrons. The second-order valence-electron chi connectivity index (χ2n) is 19.0. The Hall–Kier alpha value is -8.92. The zero-order valence-electron chi connectivity index (χ0n) is 39.1. The van der Waals surface area contributed by atoms with Crippen molar-refractivity contribution < 1.29 is 9.47 Å². The van der Waals surface area contributed by atoms with Crippen molar-refractivity contribution in [2.24, 2.45) is 0 Å². The van der Waals surface area contributed by atoms with Gasteiger partial charge in [-0.15, -0.1) is 0 Å². The van der Waals surface area contributed by atoms with Crippen molar-refractivity contribution in [2.45, 2.75) is 23.7 Å². The number of anilines is 3. The lowest BCUT2D eigenvalue weighted by atomic mass is 9.66. The summed E-state index contributed by atoms with van der Waals surface area (Å²) in [6, 6.07) is 74.5. The van der Waals surface area contributed by atoms with Crippen LogP contribution in [-0.2, 0) is 10.8 Å². The van der Waals surface area contributed by atoms with Crippen molar-refractivity contribution in [1.29, 1.82) is 0 Å². The molecule has 9 aromatic rings. The van der Waals surface area contributed by atoms with Crippen LogP contribution in [0.5, 0.6) is 23.0 Å². The molecule has 0 amide bonds. The summed E-state index contributed by atoms with van der Waals surface area (Å²) in [5.41, 5.74) is 21.7. The summed E-state index contributed by atoms with van der Waals surface area (Å²) in [7, 11) is 0. The van der Waals surface area contributed by atoms with Gasteiger partial charge in [0.15, 0.2) is 23.0 Å². The number of benzene rings is 9. The van der Waals surface area contributed by atoms with E-state index in [0.717, 1.165) is 57.9 Å². The van der Waals surface area contributed by atoms with Gasteiger partial charge in [-0.2, -0.15) is 0 Å². The van der Waals surface area contributed by atoms with Gasteiger partial charge in [0.2, 0.25) is 0 Å². The first-order chi connectivity index (χ1) is 35.1. The van der Waals surface area contributed by atoms with E-state index >= 15 is 0 Å². The zero-order valence-corrected chi connectivity index (χ0v) is 39.1. The van der Waals surface area contributed by atoms with Crippen LogP contribution in [-0.4, -0.2) is 0 Å². The second kappa shape index (κ2) is 15.8. The van der Waals surface area contributed by atoms with Gasteiger partial charge in [0.05, 0.1) is 16.5 Å². The van der Waals surface area contributed by atoms with Gasteiger partial charge in [-0.1, -0.05) is 201 Å². The average molecular weight is 910 g/mol. The molecule has 0 saturated carbocycles. The van der Waals surface area contributed by atoms with Gasteiger partial charge in [-0.25, -0.2) is 0 Å². The van der Waals surface area contributed by atoms with E-state index in [1.807, 2.05) is 18.2 Å². The largest absolute Gasteiger partial charge is 0.449 e. The fourth-order valence-electron chi connectivity index (χ4n) is 12.9. The number of rotatable bonds is 8. The summed E-state index contributed by atoms with van der Waals surface area (Å²) in [6.45, 7) is 8.47. The summed E-state index contributed by atoms with van der Waals surface area (Å²) in [5.74, 6) is 2.82. The molecule has 0 aromatic heterocycles. The van der Waals surface area contributed by atoms with Gasteiger partial charge in [-0.3, -0.25) is 0 Å². The number of ether oxygens (including phenoxy) is 2. The van der Waals surface area contributed by atoms with E-state index in [9.17, 15) is 0 Å². The van der Waals surface area contributed by atoms with Crippen LogP contribution < -0.4 is 14.4 Å². The third-order valence-electron chi connectivity index (χ3n) is 15.7. The monoisotopic (exact) mass is 909 g/mol. The SMILES string of the molecule is C=C/C=C(\C=C)C1(c2ccccc2)c2ccccc2-c2ccc(-c3ccc(N(c4ccccc4)c4cccc5c4Oc4ccc6c(c4O5)-c4ccccc4C64C5=C(C=CCC5)c5ccccc54)cc3)cc21. The minimum atomic E-state index is -0.572. The van der Waals surface area contributed by atoms with E-state index < -0.39 is 10.8 Å². The molecule has 3 nitrogen and oxygen atoms in total. The summed E-state index contributed by atoms with van der Waals surface area (Å²) in [4.78, 5) is 2.27. The molecule has 1 heterocycles. The number of para-hydroxylation sites is 2. The Morgan fingerprint density at radius 1 is 0.507 bits per heavy atom. The predicted molar refractivity (Wildman–Crippen MR) is 290 cm³/mol. The van der Waals surface area contributed by atoms with Gasteiger partial charge in [0.1, 0.15) is 0 Å². The first-order valence-electron chi connectivity index (χ1n) is 24.6. The number of fused-ring (bicyclic) bond motifs is 15. The predicted octanol–water partition coefficient (Wildman–Crippen LogP) is 17.8. The quantitative estimate of drug-likeness (QED) is 0.142. The molecule has 0 N–H and O–H groups in total. The maximum atomic E-state index is 7.19. The molecule has 0 radical (unpaired) electrons. The van der Waals surface area contributed by atoms with E-state index in [4.69, 9.17) is 9.47 Å². The Morgan fingerprint density at radius 2 is 1.14 bits per heavy atom. The zero-order chi connectivity index (χ0) is 47.3. The van der Waals surface area contributed by atoms with E-state index in [0.29, 0.717) is 17.2 Å². The van der Waals surface area contributed by atoms with E-state index in [1.54, 1.807) is 0 Å². The molecule has 14 rings (SSSR count). The lowest BCUT2D eigenvalue weighted by Gasteiger charge is -2.35. The van der Waals surface area contributed by atoms with Gasteiger partial charge < -0.3 is 14.4 Å². The molecule has 4 aliphatic carbocycles. The second-order valence-corrected chi connectivity index (χ2v) is 19.0. The van der Waals surface area contributed by atoms with E-state index in [2.05, 4.69) is 236 Å². The molecule has 9 aromatic carbocycles. The van der Waals surface area contributed by atoms with Crippen LogP contribution >= 0.6 is 0 Å². The highest BCUT2D eigenvalue weighted by molar-refractivity contribution is 6.00. The number of allylic oxidation sites excluding steroid dienone is 8. The third kappa shape index (κ3) is 5.66. The van der Waals surface area contributed by atoms with Crippen LogP contribution in [0.15, 0.2) is 261 Å². The van der Waals surface area contributed by atoms with Crippen molar-refractivity contribution >= 4 is 22.6 Å². The summed E-state index contributed by atoms with van der Waals surface area (Å²) >= 11 is 0. The van der Waals surface area contributed by atoms with Crippen LogP contribution in [0.3, 0.4) is 0 Å². The molecule has 5 aliphatic rings. The Bertz CT molecular complexity index is 3800. The Morgan fingerprint density at radius 3 is 1.92 bits per heavy atom. The molecule has 1 aliphatic heterocycles. The van der Waals surface area contributed by atoms with Crippen molar-refractivity contribution in [1.82, 2.24) is 0 Å². The Balaban J connectivity index is 0.870. The van der Waals surface area contributed by atoms with Crippen molar-refractivity contribution in [3.8, 4) is 56.4 Å². The van der Waals surface area contributed by atoms with Crippen LogP contribution in [0.2, 0.25) is 0 Å². The summed E-state index contributed by atoms with van der Waals surface area (Å²) in [6.07, 6.45) is 12.7. The average Bonchev–Trinajstić information content (AvgIpc) is 4.04. The van der Waals surface area contributed by atoms with Gasteiger partial charge >= 0.3 is 0 Å². The van der Waals surface area contributed by atoms with E-state index in [1.165, 1.54) is 66.8 Å². The van der Waals surface area contributed by atoms with Gasteiger partial charge in [0, 0.05) is 16.9 Å². The molecular formula is C68H47NO2. The van der Waals surface area contributed by atoms with Crippen LogP contribution in [0, 0.1) is 0 Å². The van der Waals surface area contributed by atoms with Crippen molar-refractivity contribution in [3.63, 3.8) is 0 Å². The minimum absolute atomic E-state index is 0.397. The summed E-state index contributed by atoms with van der Waals surface area (Å²) < 4.78 is 14.4. The maximum Gasteiger partial charge on any atom is 0.194 e. The van der Waals surface area contributed by atoms with Crippen molar-refractivity contribution in [3.05, 3.63) is 300 Å². The molecule has 2 unspecified atom stereocenters. The van der Waals surface area contributed by atoms with Crippen LogP contribution in [0.25, 0.3) is 39.0 Å². The molecule has 1 spiro atoms. The minimum Gasteiger partial charge on any atom is -0.449 e. The van der Waals surface area contributed by atoms with Crippen LogP contribution in [0.4, 0.5) is 17.1 Å². The smallest absolute Gasteiger partial charge is 0.194 e. The molecule has 0 saturated heterocycles. The highest BCUT2D eigenvalue weighted by Gasteiger charge is 2.54. The molecule has 0 bridgehead atoms. The Kier molecular flexibility index (Phi) is 9.15. The highest BCUT2D eigenvalue weighted by Crippen LogP contribution is 2.67. The number of hydrogen-bond acceptors (Lipinski definition) is 3. The van der Waals surface area contributed by atoms with Crippen molar-refractivity contribution in [2.75, 3.05) is 4.90 Å². The first kappa shape index (κ1) is 41.1. The molecule has 3 heteroatoms. The summed E-state index contributed by atoms with van der Waals surface area (Å²) in [5, 5.41) is 0. The lowest BCUT2D eigenvalue weighted by molar-refractivity contribution is 0.361. The normalized spacial score (nSPS) is 18.2. The molecule has 71 heavy (non-hydrogen) atoms. The van der Waals surface area contributed by atoms with E-state index in [-0.39, 0.29) is 0 Å². The fraction of sp³-hybridized carbons (Fsp3) is 0.0588. The van der Waals surface area contributed by atoms with Crippen LogP contribution in [0.1, 0.15) is 51.8 Å². The standard InChI is InChI=1S/C68H47NO2/c1-3-20-46(4-2)67(47-21-7-5-8-22-47)55-29-15-11-27-52(55)53-40-37-45(43-60(53)67)44-35-38-49(39-36-44)69(48-23-9-6-10-24-48)61-33-19-34-62-65(61)70-63-42-41-59-64(66(63)71-62)54-28-14-18-32-58(54)68(59)56-30-16-12-25-50(56)51-26-13-17-31-57(51)68/h3-16,18-30,32-43H,1-2,17,31H2/b46-20+. The first-order valence-corrected chi connectivity index (χ1v) is 24.6. The molecular weight excluding hydrogens is 863 g/mol. The highest BCUT2D eigenvalue weighted by atomic mass is 16.6. The third-order valence-corrected chi connectivity index (χ3v) is 15.7. The lowest BCUT2D eigenvalue weighted by Crippen LogP contribution is -2.29. The number of nitrogens with zero attached hydrogens (tertiary/aromatic N) is 1. The topological polar surface area (TPSA) is 21.7 Å². The molecule has 0 fully saturated rings. The Labute approximate surface area is 415 Å². The molecule has 2 atom stereocenters. The maximum absolute atomic E-state index is 7.19. The van der Waals surface area contributed by atoms with Gasteiger partial charge in [-0.05, 0) is 145 Å². The van der Waals surface area contributed by atoms with Gasteiger partial charge in [0.25, 0.3) is 0 Å².